The van der Waals surface area contributed by atoms with Crippen molar-refractivity contribution in [3.8, 4) is 28.7 Å². The number of ether oxygens (including phenoxy) is 5. The summed E-state index contributed by atoms with van der Waals surface area (Å²) in [7, 11) is 1.33. The van der Waals surface area contributed by atoms with Crippen molar-refractivity contribution in [3.63, 3.8) is 0 Å². The fourth-order valence-electron chi connectivity index (χ4n) is 2.24. The molecule has 2 aromatic carbocycles. The average molecular weight is 364 g/mol. The zero-order valence-electron chi connectivity index (χ0n) is 13.6. The number of alkyl halides is 2. The van der Waals surface area contributed by atoms with Crippen LogP contribution in [0.5, 0.6) is 28.7 Å². The van der Waals surface area contributed by atoms with E-state index in [-0.39, 0.29) is 18.3 Å². The standard InChI is InChI=1S/C18H14F2O6/c1-22-15-8-11(2-5-14(15)26-18(19)20)3-7-17(21)25-12-4-6-13-16(9-12)24-10-23-13/h2-9,18H,10H2,1H3. The molecule has 3 rings (SSSR count). The summed E-state index contributed by atoms with van der Waals surface area (Å²) in [4.78, 5) is 11.9. The summed E-state index contributed by atoms with van der Waals surface area (Å²) in [5, 5.41) is 0. The smallest absolute Gasteiger partial charge is 0.387 e. The number of esters is 1. The Kier molecular flexibility index (Phi) is 5.21. The molecule has 1 aliphatic heterocycles. The zero-order chi connectivity index (χ0) is 18.5. The molecule has 26 heavy (non-hydrogen) atoms. The number of carbonyl (C=O) groups is 1. The van der Waals surface area contributed by atoms with Gasteiger partial charge in [-0.1, -0.05) is 6.07 Å². The van der Waals surface area contributed by atoms with Gasteiger partial charge < -0.3 is 23.7 Å². The highest BCUT2D eigenvalue weighted by Crippen LogP contribution is 2.35. The van der Waals surface area contributed by atoms with Gasteiger partial charge >= 0.3 is 12.6 Å². The number of benzene rings is 2. The molecule has 0 aromatic heterocycles. The van der Waals surface area contributed by atoms with Crippen molar-refractivity contribution in [2.24, 2.45) is 0 Å². The second kappa shape index (κ2) is 7.73. The molecular weight excluding hydrogens is 350 g/mol. The molecule has 1 heterocycles. The highest BCUT2D eigenvalue weighted by atomic mass is 19.3. The lowest BCUT2D eigenvalue weighted by atomic mass is 10.2. The van der Waals surface area contributed by atoms with Crippen LogP contribution in [0.2, 0.25) is 0 Å². The van der Waals surface area contributed by atoms with Crippen LogP contribution in [0.1, 0.15) is 5.56 Å². The van der Waals surface area contributed by atoms with Gasteiger partial charge in [0.15, 0.2) is 23.0 Å². The molecule has 0 saturated carbocycles. The van der Waals surface area contributed by atoms with Crippen LogP contribution in [0.3, 0.4) is 0 Å². The summed E-state index contributed by atoms with van der Waals surface area (Å²) in [6.45, 7) is -2.83. The van der Waals surface area contributed by atoms with Crippen LogP contribution in [0.4, 0.5) is 8.78 Å². The Balaban J connectivity index is 1.66. The van der Waals surface area contributed by atoms with E-state index in [2.05, 4.69) is 4.74 Å². The molecule has 0 N–H and O–H groups in total. The minimum Gasteiger partial charge on any atom is -0.493 e. The van der Waals surface area contributed by atoms with Crippen molar-refractivity contribution < 1.29 is 37.3 Å². The monoisotopic (exact) mass is 364 g/mol. The molecule has 0 atom stereocenters. The van der Waals surface area contributed by atoms with Crippen LogP contribution in [0, 0.1) is 0 Å². The maximum Gasteiger partial charge on any atom is 0.387 e. The number of methoxy groups -OCH3 is 1. The quantitative estimate of drug-likeness (QED) is 0.443. The van der Waals surface area contributed by atoms with E-state index in [0.29, 0.717) is 22.8 Å². The molecule has 0 radical (unpaired) electrons. The molecule has 6 nitrogen and oxygen atoms in total. The fraction of sp³-hybridized carbons (Fsp3) is 0.167. The van der Waals surface area contributed by atoms with Gasteiger partial charge in [0.05, 0.1) is 7.11 Å². The van der Waals surface area contributed by atoms with Crippen molar-refractivity contribution in [1.29, 1.82) is 0 Å². The molecule has 8 heteroatoms. The lowest BCUT2D eigenvalue weighted by Gasteiger charge is -2.10. The van der Waals surface area contributed by atoms with Crippen molar-refractivity contribution in [2.45, 2.75) is 6.61 Å². The third-order valence-electron chi connectivity index (χ3n) is 3.38. The summed E-state index contributed by atoms with van der Waals surface area (Å²) < 4.78 is 49.5. The second-order valence-corrected chi connectivity index (χ2v) is 5.06. The first-order valence-corrected chi connectivity index (χ1v) is 7.47. The van der Waals surface area contributed by atoms with Crippen molar-refractivity contribution in [3.05, 3.63) is 48.0 Å². The Labute approximate surface area is 147 Å². The minimum atomic E-state index is -2.96. The number of rotatable bonds is 6. The SMILES string of the molecule is COc1cc(C=CC(=O)Oc2ccc3c(c2)OCO3)ccc1OC(F)F. The number of carbonyl (C=O) groups excluding carboxylic acids is 1. The van der Waals surface area contributed by atoms with E-state index in [4.69, 9.17) is 18.9 Å². The van der Waals surface area contributed by atoms with Gasteiger partial charge in [0.25, 0.3) is 0 Å². The van der Waals surface area contributed by atoms with E-state index in [0.717, 1.165) is 0 Å². The Hall–Kier alpha value is -3.29. The first-order valence-electron chi connectivity index (χ1n) is 7.47. The number of hydrogen-bond donors (Lipinski definition) is 0. The third kappa shape index (κ3) is 4.21. The molecular formula is C18H14F2O6. The average Bonchev–Trinajstić information content (AvgIpc) is 3.08. The molecule has 0 unspecified atom stereocenters. The van der Waals surface area contributed by atoms with E-state index in [1.165, 1.54) is 37.5 Å². The number of fused-ring (bicyclic) bond motifs is 1. The Morgan fingerprint density at radius 2 is 1.92 bits per heavy atom. The van der Waals surface area contributed by atoms with Crippen molar-refractivity contribution in [2.75, 3.05) is 13.9 Å². The van der Waals surface area contributed by atoms with Crippen LogP contribution in [0.25, 0.3) is 6.08 Å². The Morgan fingerprint density at radius 1 is 1.12 bits per heavy atom. The molecule has 1 aliphatic rings. The predicted molar refractivity (Wildman–Crippen MR) is 86.9 cm³/mol. The molecule has 0 amide bonds. The van der Waals surface area contributed by atoms with Crippen molar-refractivity contribution in [1.82, 2.24) is 0 Å². The Morgan fingerprint density at radius 3 is 2.69 bits per heavy atom. The van der Waals surface area contributed by atoms with E-state index >= 15 is 0 Å². The van der Waals surface area contributed by atoms with Gasteiger partial charge in [0, 0.05) is 12.1 Å². The summed E-state index contributed by atoms with van der Waals surface area (Å²) in [5.74, 6) is 0.800. The van der Waals surface area contributed by atoms with Gasteiger partial charge in [0.1, 0.15) is 5.75 Å². The second-order valence-electron chi connectivity index (χ2n) is 5.06. The number of hydrogen-bond acceptors (Lipinski definition) is 6. The van der Waals surface area contributed by atoms with Gasteiger partial charge in [-0.05, 0) is 35.9 Å². The van der Waals surface area contributed by atoms with E-state index in [9.17, 15) is 13.6 Å². The van der Waals surface area contributed by atoms with E-state index in [1.807, 2.05) is 0 Å². The lowest BCUT2D eigenvalue weighted by molar-refractivity contribution is -0.128. The van der Waals surface area contributed by atoms with Gasteiger partial charge in [-0.3, -0.25) is 0 Å². The molecule has 0 aliphatic carbocycles. The molecule has 0 bridgehead atoms. The normalized spacial score (nSPS) is 12.5. The predicted octanol–water partition coefficient (Wildman–Crippen LogP) is 3.64. The summed E-state index contributed by atoms with van der Waals surface area (Å²) in [6, 6.07) is 9.06. The molecule has 0 fully saturated rings. The minimum absolute atomic E-state index is 0.0948. The summed E-state index contributed by atoms with van der Waals surface area (Å²) in [5.41, 5.74) is 0.547. The fourth-order valence-corrected chi connectivity index (χ4v) is 2.24. The van der Waals surface area contributed by atoms with Crippen LogP contribution in [-0.2, 0) is 4.79 Å². The lowest BCUT2D eigenvalue weighted by Crippen LogP contribution is -2.04. The largest absolute Gasteiger partial charge is 0.493 e. The maximum absolute atomic E-state index is 12.3. The summed E-state index contributed by atoms with van der Waals surface area (Å²) >= 11 is 0. The highest BCUT2D eigenvalue weighted by Gasteiger charge is 2.15. The molecule has 2 aromatic rings. The van der Waals surface area contributed by atoms with Crippen molar-refractivity contribution >= 4 is 12.0 Å². The zero-order valence-corrected chi connectivity index (χ0v) is 13.6. The first-order chi connectivity index (χ1) is 12.5. The molecule has 136 valence electrons. The number of halogens is 2. The Bertz CT molecular complexity index is 834. The third-order valence-corrected chi connectivity index (χ3v) is 3.38. The van der Waals surface area contributed by atoms with Crippen LogP contribution in [-0.4, -0.2) is 26.5 Å². The maximum atomic E-state index is 12.3. The van der Waals surface area contributed by atoms with Crippen LogP contribution in [0.15, 0.2) is 42.5 Å². The van der Waals surface area contributed by atoms with E-state index < -0.39 is 12.6 Å². The van der Waals surface area contributed by atoms with Crippen LogP contribution >= 0.6 is 0 Å². The van der Waals surface area contributed by atoms with Gasteiger partial charge in [-0.2, -0.15) is 8.78 Å². The van der Waals surface area contributed by atoms with Gasteiger partial charge in [-0.25, -0.2) is 4.79 Å². The van der Waals surface area contributed by atoms with E-state index in [1.54, 1.807) is 18.2 Å². The topological polar surface area (TPSA) is 63.2 Å². The van der Waals surface area contributed by atoms with Gasteiger partial charge in [-0.15, -0.1) is 0 Å². The summed E-state index contributed by atoms with van der Waals surface area (Å²) in [6.07, 6.45) is 2.66. The highest BCUT2D eigenvalue weighted by molar-refractivity contribution is 5.88. The van der Waals surface area contributed by atoms with Gasteiger partial charge in [0.2, 0.25) is 6.79 Å². The molecule has 0 spiro atoms. The first kappa shape index (κ1) is 17.5. The molecule has 0 saturated heterocycles. The van der Waals surface area contributed by atoms with Crippen LogP contribution < -0.4 is 23.7 Å².